The first-order chi connectivity index (χ1) is 15.4. The first-order valence-electron chi connectivity index (χ1n) is 10.8. The van der Waals surface area contributed by atoms with E-state index < -0.39 is 5.91 Å². The van der Waals surface area contributed by atoms with Crippen LogP contribution in [0.2, 0.25) is 5.02 Å². The summed E-state index contributed by atoms with van der Waals surface area (Å²) in [5.41, 5.74) is 4.04. The molecule has 4 rings (SSSR count). The Hall–Kier alpha value is -2.64. The summed E-state index contributed by atoms with van der Waals surface area (Å²) in [6.45, 7) is 6.18. The number of carbonyl (C=O) groups is 1. The third-order valence-corrected chi connectivity index (χ3v) is 6.78. The minimum atomic E-state index is -0.399. The zero-order valence-electron chi connectivity index (χ0n) is 18.5. The van der Waals surface area contributed by atoms with Crippen LogP contribution in [-0.4, -0.2) is 31.5 Å². The van der Waals surface area contributed by atoms with Gasteiger partial charge in [0.05, 0.1) is 5.57 Å². The van der Waals surface area contributed by atoms with Crippen LogP contribution in [-0.2, 0) is 4.79 Å². The molecule has 0 saturated heterocycles. The predicted molar refractivity (Wildman–Crippen MR) is 134 cm³/mol. The number of halogens is 1. The van der Waals surface area contributed by atoms with Crippen LogP contribution >= 0.6 is 23.4 Å². The van der Waals surface area contributed by atoms with Crippen LogP contribution in [0, 0.1) is 19.3 Å². The molecule has 166 valence electrons. The van der Waals surface area contributed by atoms with Crippen molar-refractivity contribution >= 4 is 51.4 Å². The summed E-state index contributed by atoms with van der Waals surface area (Å²) >= 11 is 7.58. The van der Waals surface area contributed by atoms with Crippen LogP contribution < -0.4 is 0 Å². The highest BCUT2D eigenvalue weighted by Crippen LogP contribution is 2.31. The maximum atomic E-state index is 12.8. The number of hydrazone groups is 1. The lowest BCUT2D eigenvalue weighted by atomic mass is 10.1. The Balaban J connectivity index is 1.61. The molecule has 6 nitrogen and oxygen atoms in total. The largest absolute Gasteiger partial charge is 0.318 e. The average molecular weight is 468 g/mol. The molecule has 1 N–H and O–H groups in total. The van der Waals surface area contributed by atoms with Gasteiger partial charge in [0, 0.05) is 22.1 Å². The number of nitrogens with one attached hydrogen (secondary N) is 1. The number of hydrogen-bond donors (Lipinski definition) is 1. The lowest BCUT2D eigenvalue weighted by Crippen LogP contribution is -2.35. The van der Waals surface area contributed by atoms with E-state index in [1.807, 2.05) is 44.2 Å². The molecule has 0 bridgehead atoms. The normalized spacial score (nSPS) is 17.1. The second-order valence-electron chi connectivity index (χ2n) is 7.97. The minimum Gasteiger partial charge on any atom is -0.318 e. The molecule has 2 aliphatic rings. The summed E-state index contributed by atoms with van der Waals surface area (Å²) in [6, 6.07) is 9.65. The van der Waals surface area contributed by atoms with Gasteiger partial charge in [-0.3, -0.25) is 10.2 Å². The van der Waals surface area contributed by atoms with Gasteiger partial charge in [-0.2, -0.15) is 15.1 Å². The predicted octanol–water partition coefficient (Wildman–Crippen LogP) is 6.34. The monoisotopic (exact) mass is 467 g/mol. The van der Waals surface area contributed by atoms with E-state index in [4.69, 9.17) is 17.0 Å². The van der Waals surface area contributed by atoms with Crippen LogP contribution in [0.5, 0.6) is 0 Å². The SMILES string of the molecule is CCCCCCC1=NN2C(=N)/C(=C/c3cc(C)n(-c4cccc(Cl)c4)c3C)C(=O)N=C2S1. The standard InChI is InChI=1S/C24H26ClN5OS/c1-4-5-6-7-11-21-28-30-22(26)20(23(31)27-24(30)32-21)13-17-12-15(2)29(16(17)3)19-10-8-9-18(25)14-19/h8-10,12-14,26H,4-7,11H2,1-3H3/b20-13-,26-22?. The third kappa shape index (κ3) is 4.45. The molecule has 2 aliphatic heterocycles. The summed E-state index contributed by atoms with van der Waals surface area (Å²) in [7, 11) is 0. The van der Waals surface area contributed by atoms with Crippen LogP contribution in [0.25, 0.3) is 11.8 Å². The molecule has 0 fully saturated rings. The number of rotatable bonds is 7. The summed E-state index contributed by atoms with van der Waals surface area (Å²) in [5, 5.41) is 16.7. The van der Waals surface area contributed by atoms with Gasteiger partial charge in [0.2, 0.25) is 5.17 Å². The zero-order valence-corrected chi connectivity index (χ0v) is 20.1. The molecule has 0 unspecified atom stereocenters. The summed E-state index contributed by atoms with van der Waals surface area (Å²) in [5.74, 6) is -0.327. The molecule has 0 aliphatic carbocycles. The molecule has 0 radical (unpaired) electrons. The molecule has 3 heterocycles. The third-order valence-electron chi connectivity index (χ3n) is 5.58. The maximum Gasteiger partial charge on any atom is 0.283 e. The molecule has 2 aromatic rings. The van der Waals surface area contributed by atoms with Crippen molar-refractivity contribution in [3.05, 3.63) is 57.9 Å². The number of hydrogen-bond acceptors (Lipinski definition) is 4. The summed E-state index contributed by atoms with van der Waals surface area (Å²) in [4.78, 5) is 17.0. The Bertz CT molecular complexity index is 1180. The smallest absolute Gasteiger partial charge is 0.283 e. The number of aliphatic imine (C=N–C) groups is 1. The molecule has 1 amide bonds. The summed E-state index contributed by atoms with van der Waals surface area (Å²) in [6.07, 6.45) is 7.20. The van der Waals surface area contributed by atoms with E-state index >= 15 is 0 Å². The van der Waals surface area contributed by atoms with E-state index in [1.54, 1.807) is 6.08 Å². The van der Waals surface area contributed by atoms with E-state index in [-0.39, 0.29) is 11.4 Å². The van der Waals surface area contributed by atoms with E-state index in [1.165, 1.54) is 29.6 Å². The van der Waals surface area contributed by atoms with Gasteiger partial charge in [0.25, 0.3) is 5.91 Å². The molecular formula is C24H26ClN5OS. The molecule has 0 spiro atoms. The quantitative estimate of drug-likeness (QED) is 0.381. The molecular weight excluding hydrogens is 442 g/mol. The van der Waals surface area contributed by atoms with Crippen LogP contribution in [0.4, 0.5) is 0 Å². The highest BCUT2D eigenvalue weighted by Gasteiger charge is 2.35. The molecule has 0 atom stereocenters. The van der Waals surface area contributed by atoms with Gasteiger partial charge >= 0.3 is 0 Å². The van der Waals surface area contributed by atoms with Crippen molar-refractivity contribution in [2.24, 2.45) is 10.1 Å². The van der Waals surface area contributed by atoms with Crippen LogP contribution in [0.1, 0.15) is 56.0 Å². The summed E-state index contributed by atoms with van der Waals surface area (Å²) < 4.78 is 2.09. The van der Waals surface area contributed by atoms with E-state index in [2.05, 4.69) is 21.6 Å². The average Bonchev–Trinajstić information content (AvgIpc) is 3.28. The van der Waals surface area contributed by atoms with Crippen LogP contribution in [0.3, 0.4) is 0 Å². The van der Waals surface area contributed by atoms with Crippen LogP contribution in [0.15, 0.2) is 46.0 Å². The first-order valence-corrected chi connectivity index (χ1v) is 12.0. The van der Waals surface area contributed by atoms with E-state index in [9.17, 15) is 4.79 Å². The zero-order chi connectivity index (χ0) is 22.8. The fourth-order valence-electron chi connectivity index (χ4n) is 3.94. The fourth-order valence-corrected chi connectivity index (χ4v) is 5.05. The molecule has 0 saturated carbocycles. The number of amides is 1. The van der Waals surface area contributed by atoms with Crippen molar-refractivity contribution in [3.8, 4) is 5.69 Å². The molecule has 8 heteroatoms. The van der Waals surface area contributed by atoms with Crippen molar-refractivity contribution < 1.29 is 4.79 Å². The number of carbonyl (C=O) groups excluding carboxylic acids is 1. The molecule has 1 aromatic carbocycles. The number of fused-ring (bicyclic) bond motifs is 1. The number of benzene rings is 1. The fraction of sp³-hybridized carbons (Fsp3) is 0.333. The van der Waals surface area contributed by atoms with Crippen molar-refractivity contribution in [1.29, 1.82) is 5.41 Å². The van der Waals surface area contributed by atoms with Crippen molar-refractivity contribution in [3.63, 3.8) is 0 Å². The van der Waals surface area contributed by atoms with Gasteiger partial charge < -0.3 is 4.57 Å². The van der Waals surface area contributed by atoms with Gasteiger partial charge in [-0.05, 0) is 74.4 Å². The van der Waals surface area contributed by atoms with Gasteiger partial charge in [0.15, 0.2) is 5.84 Å². The Kier molecular flexibility index (Phi) is 6.67. The number of aryl methyl sites for hydroxylation is 1. The highest BCUT2D eigenvalue weighted by atomic mass is 35.5. The van der Waals surface area contributed by atoms with Crippen molar-refractivity contribution in [2.75, 3.05) is 0 Å². The van der Waals surface area contributed by atoms with Crippen molar-refractivity contribution in [1.82, 2.24) is 9.58 Å². The minimum absolute atomic E-state index is 0.0728. The van der Waals surface area contributed by atoms with E-state index in [0.717, 1.165) is 46.9 Å². The highest BCUT2D eigenvalue weighted by molar-refractivity contribution is 8.26. The van der Waals surface area contributed by atoms with Gasteiger partial charge in [-0.1, -0.05) is 43.9 Å². The number of amidine groups is 2. The Morgan fingerprint density at radius 2 is 2.00 bits per heavy atom. The molecule has 32 heavy (non-hydrogen) atoms. The first kappa shape index (κ1) is 22.6. The second-order valence-corrected chi connectivity index (χ2v) is 9.44. The topological polar surface area (TPSA) is 73.8 Å². The number of nitrogens with zero attached hydrogens (tertiary/aromatic N) is 4. The van der Waals surface area contributed by atoms with Gasteiger partial charge in [-0.25, -0.2) is 0 Å². The molecule has 1 aromatic heterocycles. The Morgan fingerprint density at radius 3 is 2.75 bits per heavy atom. The number of aromatic nitrogens is 1. The maximum absolute atomic E-state index is 12.8. The number of unbranched alkanes of at least 4 members (excludes halogenated alkanes) is 3. The Morgan fingerprint density at radius 1 is 1.19 bits per heavy atom. The lowest BCUT2D eigenvalue weighted by molar-refractivity contribution is -0.114. The van der Waals surface area contributed by atoms with Gasteiger partial charge in [-0.15, -0.1) is 0 Å². The van der Waals surface area contributed by atoms with Crippen molar-refractivity contribution in [2.45, 2.75) is 52.9 Å². The lowest BCUT2D eigenvalue weighted by Gasteiger charge is -2.20. The Labute approximate surface area is 197 Å². The second kappa shape index (κ2) is 9.46. The van der Waals surface area contributed by atoms with Gasteiger partial charge in [0.1, 0.15) is 5.04 Å². The number of thioether (sulfide) groups is 1. The van der Waals surface area contributed by atoms with E-state index in [0.29, 0.717) is 10.2 Å².